The molecule has 2 saturated heterocycles. The quantitative estimate of drug-likeness (QED) is 0.578. The Morgan fingerprint density at radius 2 is 1.71 bits per heavy atom. The highest BCUT2D eigenvalue weighted by Crippen LogP contribution is 2.46. The number of halogens is 1. The lowest BCUT2D eigenvalue weighted by molar-refractivity contribution is 0.104. The van der Waals surface area contributed by atoms with Gasteiger partial charge in [0.05, 0.1) is 10.7 Å². The van der Waals surface area contributed by atoms with Crippen molar-refractivity contribution < 1.29 is 4.74 Å². The van der Waals surface area contributed by atoms with E-state index >= 15 is 0 Å². The van der Waals surface area contributed by atoms with Gasteiger partial charge in [-0.2, -0.15) is 5.10 Å². The van der Waals surface area contributed by atoms with E-state index in [0.29, 0.717) is 0 Å². The van der Waals surface area contributed by atoms with E-state index in [1.165, 1.54) is 38.5 Å². The first-order valence-electron chi connectivity index (χ1n) is 10.2. The maximum atomic E-state index is 6.48. The topological polar surface area (TPSA) is 42.7 Å². The third-order valence-corrected chi connectivity index (χ3v) is 7.28. The summed E-state index contributed by atoms with van der Waals surface area (Å²) in [6.45, 7) is 1.11. The van der Waals surface area contributed by atoms with E-state index in [-0.39, 0.29) is 5.60 Å². The van der Waals surface area contributed by atoms with E-state index in [1.807, 2.05) is 12.4 Å². The number of nitrogens with zero attached hydrogens (tertiary/aromatic N) is 4. The Morgan fingerprint density at radius 1 is 1.00 bits per heavy atom. The largest absolute Gasteiger partial charge is 0.486 e. The van der Waals surface area contributed by atoms with Crippen LogP contribution >= 0.6 is 15.9 Å². The molecule has 28 heavy (non-hydrogen) atoms. The number of rotatable bonds is 5. The Kier molecular flexibility index (Phi) is 3.82. The molecule has 1 aromatic carbocycles. The summed E-state index contributed by atoms with van der Waals surface area (Å²) in [6, 6.07) is 10.1. The Balaban J connectivity index is 1.18. The second kappa shape index (κ2) is 6.29. The van der Waals surface area contributed by atoms with Crippen LogP contribution in [0.15, 0.2) is 47.3 Å². The molecule has 1 saturated carbocycles. The molecule has 0 N–H and O–H groups in total. The molecule has 6 rings (SSSR count). The van der Waals surface area contributed by atoms with E-state index in [2.05, 4.69) is 55.2 Å². The average Bonchev–Trinajstić information content (AvgIpc) is 3.03. The summed E-state index contributed by atoms with van der Waals surface area (Å²) in [4.78, 5) is 7.24. The van der Waals surface area contributed by atoms with Crippen LogP contribution < -0.4 is 4.74 Å². The number of fused-ring (bicyclic) bond motifs is 3. The van der Waals surface area contributed by atoms with Gasteiger partial charge in [0, 0.05) is 36.6 Å². The summed E-state index contributed by atoms with van der Waals surface area (Å²) < 4.78 is 9.19. The van der Waals surface area contributed by atoms with Gasteiger partial charge in [-0.15, -0.1) is 0 Å². The van der Waals surface area contributed by atoms with Gasteiger partial charge < -0.3 is 4.74 Å². The average molecular weight is 439 g/mol. The standard InChI is InChI=1S/C22H23BrN4O/c23-20-12-25-27-13-16(11-24-21(20)27)15-1-7-19(8-2-15)28-22(9-10-22)14-26-17-3-4-18(26)6-5-17/h1-2,7-8,11-13,17-18H,3-6,9-10,14H2. The van der Waals surface area contributed by atoms with Crippen LogP contribution in [0.4, 0.5) is 0 Å². The highest BCUT2D eigenvalue weighted by Gasteiger charge is 2.51. The van der Waals surface area contributed by atoms with Gasteiger partial charge in [0.2, 0.25) is 0 Å². The smallest absolute Gasteiger partial charge is 0.169 e. The molecule has 6 heteroatoms. The molecule has 0 amide bonds. The number of aromatic nitrogens is 3. The molecule has 144 valence electrons. The monoisotopic (exact) mass is 438 g/mol. The van der Waals surface area contributed by atoms with Gasteiger partial charge in [0.25, 0.3) is 0 Å². The molecule has 4 heterocycles. The van der Waals surface area contributed by atoms with Crippen LogP contribution in [0.1, 0.15) is 38.5 Å². The minimum atomic E-state index is 0.0501. The zero-order valence-corrected chi connectivity index (χ0v) is 17.3. The van der Waals surface area contributed by atoms with Gasteiger partial charge >= 0.3 is 0 Å². The third kappa shape index (κ3) is 2.85. The van der Waals surface area contributed by atoms with Crippen LogP contribution in [0.2, 0.25) is 0 Å². The van der Waals surface area contributed by atoms with Gasteiger partial charge in [-0.1, -0.05) is 12.1 Å². The molecule has 0 atom stereocenters. The van der Waals surface area contributed by atoms with Gasteiger partial charge in [-0.3, -0.25) is 4.90 Å². The van der Waals surface area contributed by atoms with Crippen molar-refractivity contribution in [3.63, 3.8) is 0 Å². The van der Waals surface area contributed by atoms with E-state index in [1.54, 1.807) is 10.7 Å². The summed E-state index contributed by atoms with van der Waals surface area (Å²) in [5.74, 6) is 0.976. The van der Waals surface area contributed by atoms with Crippen LogP contribution in [0.25, 0.3) is 16.8 Å². The fourth-order valence-electron chi connectivity index (χ4n) is 5.00. The van der Waals surface area contributed by atoms with Gasteiger partial charge in [0.15, 0.2) is 5.65 Å². The summed E-state index contributed by atoms with van der Waals surface area (Å²) in [5.41, 5.74) is 3.05. The second-order valence-electron chi connectivity index (χ2n) is 8.55. The van der Waals surface area contributed by atoms with Crippen molar-refractivity contribution in [3.05, 3.63) is 47.3 Å². The summed E-state index contributed by atoms with van der Waals surface area (Å²) in [5, 5.41) is 4.32. The maximum Gasteiger partial charge on any atom is 0.169 e. The highest BCUT2D eigenvalue weighted by atomic mass is 79.9. The fourth-order valence-corrected chi connectivity index (χ4v) is 5.38. The number of hydrogen-bond acceptors (Lipinski definition) is 4. The molecule has 0 unspecified atom stereocenters. The third-order valence-electron chi connectivity index (χ3n) is 6.72. The van der Waals surface area contributed by atoms with Crippen molar-refractivity contribution in [2.75, 3.05) is 6.54 Å². The van der Waals surface area contributed by atoms with Crippen LogP contribution in [-0.2, 0) is 0 Å². The van der Waals surface area contributed by atoms with Crippen LogP contribution in [0.5, 0.6) is 5.75 Å². The molecule has 1 aliphatic carbocycles. The number of ether oxygens (including phenoxy) is 1. The van der Waals surface area contributed by atoms with Crippen molar-refractivity contribution in [2.24, 2.45) is 0 Å². The van der Waals surface area contributed by atoms with Crippen molar-refractivity contribution in [1.82, 2.24) is 19.5 Å². The normalized spacial score (nSPS) is 25.5. The van der Waals surface area contributed by atoms with Crippen LogP contribution in [0.3, 0.4) is 0 Å². The zero-order valence-electron chi connectivity index (χ0n) is 15.7. The van der Waals surface area contributed by atoms with Crippen LogP contribution in [0, 0.1) is 0 Å². The van der Waals surface area contributed by atoms with Crippen molar-refractivity contribution in [1.29, 1.82) is 0 Å². The first-order chi connectivity index (χ1) is 13.7. The second-order valence-corrected chi connectivity index (χ2v) is 9.40. The van der Waals surface area contributed by atoms with Gasteiger partial charge in [-0.05, 0) is 72.2 Å². The van der Waals surface area contributed by atoms with E-state index in [0.717, 1.165) is 45.6 Å². The fraction of sp³-hybridized carbons (Fsp3) is 0.455. The van der Waals surface area contributed by atoms with Crippen LogP contribution in [-0.4, -0.2) is 43.7 Å². The van der Waals surface area contributed by atoms with E-state index < -0.39 is 0 Å². The summed E-state index contributed by atoms with van der Waals surface area (Å²) >= 11 is 3.47. The Bertz CT molecular complexity index is 1010. The molecular formula is C22H23BrN4O. The first-order valence-corrected chi connectivity index (χ1v) is 11.0. The molecule has 2 aliphatic heterocycles. The Hall–Kier alpha value is -1.92. The first kappa shape index (κ1) is 17.0. The lowest BCUT2D eigenvalue weighted by Gasteiger charge is -2.28. The van der Waals surface area contributed by atoms with Crippen molar-refractivity contribution >= 4 is 21.6 Å². The Labute approximate surface area is 172 Å². The molecule has 2 aromatic heterocycles. The molecule has 0 radical (unpaired) electrons. The highest BCUT2D eigenvalue weighted by molar-refractivity contribution is 9.10. The Morgan fingerprint density at radius 3 is 2.39 bits per heavy atom. The van der Waals surface area contributed by atoms with E-state index in [9.17, 15) is 0 Å². The van der Waals surface area contributed by atoms with Crippen molar-refractivity contribution in [3.8, 4) is 16.9 Å². The molecule has 3 aromatic rings. The minimum Gasteiger partial charge on any atom is -0.486 e. The number of benzene rings is 1. The molecule has 5 nitrogen and oxygen atoms in total. The van der Waals surface area contributed by atoms with Gasteiger partial charge in [0.1, 0.15) is 11.4 Å². The van der Waals surface area contributed by atoms with E-state index in [4.69, 9.17) is 4.74 Å². The molecule has 3 aliphatic rings. The predicted octanol–water partition coefficient (Wildman–Crippen LogP) is 4.70. The molecule has 2 bridgehead atoms. The summed E-state index contributed by atoms with van der Waals surface area (Å²) in [6.07, 6.45) is 13.6. The predicted molar refractivity (Wildman–Crippen MR) is 111 cm³/mol. The maximum absolute atomic E-state index is 6.48. The zero-order chi connectivity index (χ0) is 18.7. The molecular weight excluding hydrogens is 416 g/mol. The molecule has 0 spiro atoms. The molecule has 3 fully saturated rings. The summed E-state index contributed by atoms with van der Waals surface area (Å²) in [7, 11) is 0. The number of hydrogen-bond donors (Lipinski definition) is 0. The minimum absolute atomic E-state index is 0.0501. The van der Waals surface area contributed by atoms with Gasteiger partial charge in [-0.25, -0.2) is 9.50 Å². The SMILES string of the molecule is Brc1cnn2cc(-c3ccc(OC4(CN5C6CCC5CC6)CC4)cc3)cnc12. The van der Waals surface area contributed by atoms with Crippen molar-refractivity contribution in [2.45, 2.75) is 56.2 Å². The lowest BCUT2D eigenvalue weighted by Crippen LogP contribution is -2.40. The lowest BCUT2D eigenvalue weighted by atomic mass is 10.0.